The number of nitro benzene ring substituents is 1. The molecule has 1 aliphatic rings. The van der Waals surface area contributed by atoms with E-state index in [1.54, 1.807) is 7.05 Å². The minimum atomic E-state index is -0.941. The van der Waals surface area contributed by atoms with Crippen molar-refractivity contribution in [1.82, 2.24) is 4.90 Å². The second kappa shape index (κ2) is 6.65. The molecule has 9 heteroatoms. The summed E-state index contributed by atoms with van der Waals surface area (Å²) in [5.74, 6) is -0.272. The second-order valence-electron chi connectivity index (χ2n) is 4.58. The van der Waals surface area contributed by atoms with Crippen molar-refractivity contribution in [2.24, 2.45) is 0 Å². The Morgan fingerprint density at radius 2 is 2.05 bits per heavy atom. The van der Waals surface area contributed by atoms with E-state index < -0.39 is 17.2 Å². The van der Waals surface area contributed by atoms with Crippen molar-refractivity contribution in [1.29, 1.82) is 0 Å². The maximum atomic E-state index is 11.6. The zero-order chi connectivity index (χ0) is 16.3. The smallest absolute Gasteiger partial charge is 0.429 e. The van der Waals surface area contributed by atoms with Gasteiger partial charge in [-0.1, -0.05) is 0 Å². The average molecular weight is 326 g/mol. The third kappa shape index (κ3) is 3.30. The number of rotatable bonds is 5. The largest absolute Gasteiger partial charge is 0.509 e. The third-order valence-electron chi connectivity index (χ3n) is 3.20. The first-order valence-electron chi connectivity index (χ1n) is 6.30. The highest BCUT2D eigenvalue weighted by Crippen LogP contribution is 2.29. The fourth-order valence-electron chi connectivity index (χ4n) is 1.95. The molecular weight excluding hydrogens is 312 g/mol. The predicted octanol–water partition coefficient (Wildman–Crippen LogP) is 1.78. The van der Waals surface area contributed by atoms with E-state index in [2.05, 4.69) is 0 Å². The molecule has 0 N–H and O–H groups in total. The molecule has 1 heterocycles. The number of non-ortho nitro benzene ring substituents is 1. The molecule has 0 aliphatic carbocycles. The van der Waals surface area contributed by atoms with Gasteiger partial charge in [-0.15, -0.1) is 11.8 Å². The standard InChI is InChI=1S/C13H14N2O6S/c1-14-11(16)10(12(14)22-2)21-13(17)20-7-8-3-5-9(6-4-8)15(18)19/h3-6,10,12H,7H2,1-2H3/t10-,12+/m1/s1. The number of amides is 1. The van der Waals surface area contributed by atoms with Gasteiger partial charge in [0.1, 0.15) is 12.0 Å². The topological polar surface area (TPSA) is 99.0 Å². The summed E-state index contributed by atoms with van der Waals surface area (Å²) in [7, 11) is 1.63. The van der Waals surface area contributed by atoms with Crippen LogP contribution in [0.4, 0.5) is 10.5 Å². The fraction of sp³-hybridized carbons (Fsp3) is 0.385. The Morgan fingerprint density at radius 1 is 1.41 bits per heavy atom. The molecule has 1 aromatic carbocycles. The van der Waals surface area contributed by atoms with E-state index in [9.17, 15) is 19.7 Å². The van der Waals surface area contributed by atoms with Crippen LogP contribution in [0.5, 0.6) is 0 Å². The van der Waals surface area contributed by atoms with Crippen LogP contribution in [0.15, 0.2) is 24.3 Å². The molecule has 0 radical (unpaired) electrons. The van der Waals surface area contributed by atoms with Gasteiger partial charge in [0.25, 0.3) is 11.6 Å². The number of thioether (sulfide) groups is 1. The lowest BCUT2D eigenvalue weighted by atomic mass is 10.1. The van der Waals surface area contributed by atoms with Crippen LogP contribution in [-0.4, -0.2) is 46.7 Å². The first-order valence-corrected chi connectivity index (χ1v) is 7.59. The number of nitrogens with zero attached hydrogens (tertiary/aromatic N) is 2. The summed E-state index contributed by atoms with van der Waals surface area (Å²) in [4.78, 5) is 34.6. The van der Waals surface area contributed by atoms with Gasteiger partial charge in [0.2, 0.25) is 6.10 Å². The summed E-state index contributed by atoms with van der Waals surface area (Å²) in [5.41, 5.74) is 0.540. The highest BCUT2D eigenvalue weighted by atomic mass is 32.2. The van der Waals surface area contributed by atoms with Crippen LogP contribution in [0.2, 0.25) is 0 Å². The Labute approximate surface area is 130 Å². The third-order valence-corrected chi connectivity index (χ3v) is 4.25. The Morgan fingerprint density at radius 3 is 2.59 bits per heavy atom. The van der Waals surface area contributed by atoms with Crippen molar-refractivity contribution in [2.45, 2.75) is 18.1 Å². The number of likely N-dealkylation sites (N-methyl/N-ethyl adjacent to an activating group) is 1. The lowest BCUT2D eigenvalue weighted by molar-refractivity contribution is -0.384. The summed E-state index contributed by atoms with van der Waals surface area (Å²) in [6.45, 7) is -0.0858. The normalized spacial score (nSPS) is 20.3. The monoisotopic (exact) mass is 326 g/mol. The Balaban J connectivity index is 1.83. The molecule has 8 nitrogen and oxygen atoms in total. The summed E-state index contributed by atoms with van der Waals surface area (Å²) in [5, 5.41) is 10.3. The summed E-state index contributed by atoms with van der Waals surface area (Å²) < 4.78 is 9.87. The van der Waals surface area contributed by atoms with E-state index in [-0.39, 0.29) is 23.6 Å². The fourth-order valence-corrected chi connectivity index (χ4v) is 2.79. The molecule has 118 valence electrons. The van der Waals surface area contributed by atoms with Gasteiger partial charge in [0, 0.05) is 19.2 Å². The molecule has 1 saturated heterocycles. The van der Waals surface area contributed by atoms with Crippen molar-refractivity contribution in [3.05, 3.63) is 39.9 Å². The SMILES string of the molecule is CS[C@H]1[C@H](OC(=O)OCc2ccc([N+](=O)[O-])cc2)C(=O)N1C. The van der Waals surface area contributed by atoms with Crippen LogP contribution in [0.3, 0.4) is 0 Å². The van der Waals surface area contributed by atoms with Crippen molar-refractivity contribution >= 4 is 29.5 Å². The van der Waals surface area contributed by atoms with Gasteiger partial charge in [-0.05, 0) is 24.0 Å². The lowest BCUT2D eigenvalue weighted by Crippen LogP contribution is -2.62. The number of ether oxygens (including phenoxy) is 2. The molecule has 0 spiro atoms. The van der Waals surface area contributed by atoms with E-state index >= 15 is 0 Å². The molecule has 2 atom stereocenters. The molecule has 0 saturated carbocycles. The van der Waals surface area contributed by atoms with E-state index in [1.807, 2.05) is 6.26 Å². The molecule has 1 aliphatic heterocycles. The molecule has 2 rings (SSSR count). The van der Waals surface area contributed by atoms with Gasteiger partial charge < -0.3 is 14.4 Å². The number of carbonyl (C=O) groups excluding carboxylic acids is 2. The molecule has 1 fully saturated rings. The van der Waals surface area contributed by atoms with Crippen LogP contribution in [-0.2, 0) is 20.9 Å². The van der Waals surface area contributed by atoms with Gasteiger partial charge in [-0.25, -0.2) is 4.79 Å². The van der Waals surface area contributed by atoms with Crippen LogP contribution in [0.1, 0.15) is 5.56 Å². The minimum absolute atomic E-state index is 0.0442. The lowest BCUT2D eigenvalue weighted by Gasteiger charge is -2.42. The highest BCUT2D eigenvalue weighted by Gasteiger charge is 2.48. The first kappa shape index (κ1) is 16.1. The Hall–Kier alpha value is -2.29. The molecule has 1 amide bonds. The van der Waals surface area contributed by atoms with Crippen LogP contribution >= 0.6 is 11.8 Å². The zero-order valence-corrected chi connectivity index (χ0v) is 12.7. The summed E-state index contributed by atoms with van der Waals surface area (Å²) >= 11 is 1.40. The first-order chi connectivity index (χ1) is 10.4. The highest BCUT2D eigenvalue weighted by molar-refractivity contribution is 7.99. The minimum Gasteiger partial charge on any atom is -0.429 e. The van der Waals surface area contributed by atoms with Crippen molar-refractivity contribution in [3.63, 3.8) is 0 Å². The number of β-lactam (4-membered cyclic amide) rings is 1. The number of hydrogen-bond donors (Lipinski definition) is 0. The molecule has 0 bridgehead atoms. The second-order valence-corrected chi connectivity index (χ2v) is 5.53. The van der Waals surface area contributed by atoms with Gasteiger partial charge >= 0.3 is 6.16 Å². The Kier molecular flexibility index (Phi) is 4.86. The van der Waals surface area contributed by atoms with Gasteiger partial charge in [-0.3, -0.25) is 14.9 Å². The Bertz CT molecular complexity index is 591. The van der Waals surface area contributed by atoms with Crippen LogP contribution < -0.4 is 0 Å². The molecule has 0 unspecified atom stereocenters. The van der Waals surface area contributed by atoms with E-state index in [4.69, 9.17) is 9.47 Å². The van der Waals surface area contributed by atoms with Gasteiger partial charge in [0.05, 0.1) is 4.92 Å². The predicted molar refractivity (Wildman–Crippen MR) is 78.2 cm³/mol. The number of likely N-dealkylation sites (tertiary alicyclic amines) is 1. The van der Waals surface area contributed by atoms with Crippen molar-refractivity contribution in [3.8, 4) is 0 Å². The number of nitro groups is 1. The van der Waals surface area contributed by atoms with E-state index in [0.717, 1.165) is 0 Å². The maximum absolute atomic E-state index is 11.6. The van der Waals surface area contributed by atoms with E-state index in [0.29, 0.717) is 5.56 Å². The maximum Gasteiger partial charge on any atom is 0.509 e. The molecule has 0 aromatic heterocycles. The zero-order valence-electron chi connectivity index (χ0n) is 11.9. The average Bonchev–Trinajstić information content (AvgIpc) is 2.52. The number of carbonyl (C=O) groups is 2. The van der Waals surface area contributed by atoms with Gasteiger partial charge in [-0.2, -0.15) is 0 Å². The summed E-state index contributed by atoms with van der Waals surface area (Å²) in [6, 6.07) is 5.60. The van der Waals surface area contributed by atoms with Crippen molar-refractivity contribution in [2.75, 3.05) is 13.3 Å². The number of hydrogen-bond acceptors (Lipinski definition) is 7. The van der Waals surface area contributed by atoms with Crippen LogP contribution in [0, 0.1) is 10.1 Å². The van der Waals surface area contributed by atoms with E-state index in [1.165, 1.54) is 40.9 Å². The molecular formula is C13H14N2O6S. The quantitative estimate of drug-likeness (QED) is 0.352. The number of benzene rings is 1. The van der Waals surface area contributed by atoms with Crippen LogP contribution in [0.25, 0.3) is 0 Å². The van der Waals surface area contributed by atoms with Crippen molar-refractivity contribution < 1.29 is 24.0 Å². The summed E-state index contributed by atoms with van der Waals surface area (Å²) in [6.07, 6.45) is 0.0415. The molecule has 22 heavy (non-hydrogen) atoms. The molecule has 1 aromatic rings. The van der Waals surface area contributed by atoms with Gasteiger partial charge in [0.15, 0.2) is 0 Å².